The van der Waals surface area contributed by atoms with Crippen molar-refractivity contribution >= 4 is 18.1 Å². The Morgan fingerprint density at radius 2 is 0.421 bits per heavy atom. The van der Waals surface area contributed by atoms with E-state index in [0.29, 0.717) is 0 Å². The van der Waals surface area contributed by atoms with E-state index in [0.717, 1.165) is 0 Å². The quantitative estimate of drug-likeness (QED) is 0.0542. The second-order valence-electron chi connectivity index (χ2n) is 12.8. The average molecular weight is 573 g/mol. The van der Waals surface area contributed by atoms with Crippen molar-refractivity contribution in [1.29, 1.82) is 0 Å². The molecule has 0 heterocycles. The topological polar surface area (TPSA) is 0 Å². The largest absolute Gasteiger partial charge is 0.226 e. The zero-order chi connectivity index (χ0) is 27.8. The number of unbranched alkanes of at least 4 members (excludes halogenated alkanes) is 27. The van der Waals surface area contributed by atoms with E-state index in [1.807, 2.05) is 0 Å². The van der Waals surface area contributed by atoms with Crippen molar-refractivity contribution in [3.63, 3.8) is 0 Å². The maximum atomic E-state index is 3.49. The van der Waals surface area contributed by atoms with Crippen molar-refractivity contribution in [3.05, 3.63) is 0 Å². The van der Waals surface area contributed by atoms with Crippen LogP contribution < -0.4 is 0 Å². The van der Waals surface area contributed by atoms with Crippen molar-refractivity contribution in [1.82, 2.24) is 0 Å². The van der Waals surface area contributed by atoms with Crippen molar-refractivity contribution in [2.24, 2.45) is 0 Å². The van der Waals surface area contributed by atoms with Gasteiger partial charge in [0.05, 0.1) is 0 Å². The molecular weight excluding hydrogens is 495 g/mol. The zero-order valence-corrected chi connectivity index (χ0v) is 29.3. The fourth-order valence-electron chi connectivity index (χ4n) is 5.94. The maximum Gasteiger partial charge on any atom is -0.0197 e. The molecule has 38 heavy (non-hydrogen) atoms. The van der Waals surface area contributed by atoms with E-state index in [2.05, 4.69) is 29.2 Å². The van der Waals surface area contributed by atoms with Crippen molar-refractivity contribution in [3.8, 4) is 0 Å². The molecule has 0 radical (unpaired) electrons. The van der Waals surface area contributed by atoms with Crippen LogP contribution in [0.3, 0.4) is 0 Å². The minimum Gasteiger partial charge on any atom is -0.226 e. The van der Waals surface area contributed by atoms with Crippen LogP contribution in [0.5, 0.6) is 0 Å². The van der Waals surface area contributed by atoms with Gasteiger partial charge in [0, 0.05) is 0 Å². The van der Waals surface area contributed by atoms with Crippen LogP contribution in [0.1, 0.15) is 213 Å². The van der Waals surface area contributed by atoms with E-state index in [1.165, 1.54) is 193 Å². The first-order chi connectivity index (χ1) is 18.7. The van der Waals surface area contributed by atoms with E-state index in [-0.39, 0.29) is 0 Å². The maximum absolute atomic E-state index is 3.49. The first-order valence-electron chi connectivity index (χ1n) is 18.2. The third-order valence-corrected chi connectivity index (χ3v) is 14.1. The Hall–Kier alpha value is 0.780. The smallest absolute Gasteiger partial charge is 0.0197 e. The molecule has 0 aliphatic carbocycles. The normalized spacial score (nSPS) is 12.4. The lowest BCUT2D eigenvalue weighted by Gasteiger charge is -2.36. The molecule has 0 aliphatic rings. The van der Waals surface area contributed by atoms with Crippen LogP contribution in [0.15, 0.2) is 0 Å². The Kier molecular flexibility index (Phi) is 33.0. The lowest BCUT2D eigenvalue weighted by Crippen LogP contribution is -2.08. The van der Waals surface area contributed by atoms with Crippen LogP contribution in [0.25, 0.3) is 0 Å². The van der Waals surface area contributed by atoms with Gasteiger partial charge in [0.15, 0.2) is 0 Å². The highest BCUT2D eigenvalue weighted by Crippen LogP contribution is 2.58. The van der Waals surface area contributed by atoms with Gasteiger partial charge in [0.25, 0.3) is 0 Å². The Balaban J connectivity index is 4.06. The van der Waals surface area contributed by atoms with Gasteiger partial charge in [0.2, 0.25) is 0 Å². The van der Waals surface area contributed by atoms with Crippen LogP contribution in [0, 0.1) is 0 Å². The first-order valence-corrected chi connectivity index (χ1v) is 21.8. The van der Waals surface area contributed by atoms with Gasteiger partial charge in [-0.1, -0.05) is 203 Å². The summed E-state index contributed by atoms with van der Waals surface area (Å²) in [6, 6.07) is 0. The van der Waals surface area contributed by atoms with Gasteiger partial charge >= 0.3 is 0 Å². The fraction of sp³-hybridized carbons (Fsp3) is 1.00. The molecular formula is C36H77PS. The zero-order valence-electron chi connectivity index (χ0n) is 27.3. The molecule has 1 unspecified atom stereocenters. The van der Waals surface area contributed by atoms with Gasteiger partial charge in [-0.3, -0.25) is 0 Å². The number of rotatable bonds is 33. The molecule has 0 aromatic heterocycles. The minimum absolute atomic E-state index is 0.445. The van der Waals surface area contributed by atoms with Crippen LogP contribution in [-0.2, 0) is 0 Å². The Labute approximate surface area is 248 Å². The van der Waals surface area contributed by atoms with Crippen LogP contribution >= 0.6 is 18.1 Å². The van der Waals surface area contributed by atoms with Gasteiger partial charge in [-0.25, -0.2) is 9.65 Å². The predicted octanol–water partition coefficient (Wildman–Crippen LogP) is 14.3. The molecule has 0 N–H and O–H groups in total. The summed E-state index contributed by atoms with van der Waals surface area (Å²) in [6.07, 6.45) is 44.1. The standard InChI is InChI=1S/C36H77PS/c1-4-7-10-13-16-19-22-25-28-31-34-38(37,35-32-29-26-23-20-17-14-11-8-5-2)36-33-30-27-24-21-18-15-12-9-6-3/h4-37H2,1-3H3. The average Bonchev–Trinajstić information content (AvgIpc) is 2.92. The Morgan fingerprint density at radius 1 is 0.263 bits per heavy atom. The van der Waals surface area contributed by atoms with Crippen LogP contribution in [0.4, 0.5) is 0 Å². The highest BCUT2D eigenvalue weighted by atomic mass is 32.8. The molecule has 0 saturated carbocycles. The lowest BCUT2D eigenvalue weighted by molar-refractivity contribution is 0.560. The van der Waals surface area contributed by atoms with Crippen molar-refractivity contribution < 1.29 is 0 Å². The van der Waals surface area contributed by atoms with Crippen LogP contribution in [0.2, 0.25) is 0 Å². The van der Waals surface area contributed by atoms with Gasteiger partial charge in [-0.05, 0) is 36.5 Å². The molecule has 0 aromatic carbocycles. The van der Waals surface area contributed by atoms with Crippen molar-refractivity contribution in [2.75, 3.05) is 17.3 Å². The Bertz CT molecular complexity index is 364. The first kappa shape index (κ1) is 38.8. The molecule has 1 atom stereocenters. The van der Waals surface area contributed by atoms with Gasteiger partial charge in [-0.15, -0.1) is 0 Å². The van der Waals surface area contributed by atoms with E-state index >= 15 is 0 Å². The second-order valence-corrected chi connectivity index (χ2v) is 19.2. The number of hydrogen-bond acceptors (Lipinski definition) is 0. The van der Waals surface area contributed by atoms with Crippen LogP contribution in [-0.4, -0.2) is 17.3 Å². The highest BCUT2D eigenvalue weighted by Gasteiger charge is 2.17. The molecule has 0 aromatic rings. The molecule has 232 valence electrons. The molecule has 0 amide bonds. The summed E-state index contributed by atoms with van der Waals surface area (Å²) in [6.45, 7) is 6.96. The predicted molar refractivity (Wildman–Crippen MR) is 187 cm³/mol. The summed E-state index contributed by atoms with van der Waals surface area (Å²) in [5, 5.41) is 0. The monoisotopic (exact) mass is 573 g/mol. The van der Waals surface area contributed by atoms with E-state index in [4.69, 9.17) is 0 Å². The van der Waals surface area contributed by atoms with Gasteiger partial charge in [0.1, 0.15) is 0 Å². The molecule has 0 saturated heterocycles. The molecule has 2 heteroatoms. The lowest BCUT2D eigenvalue weighted by atomic mass is 10.1. The Morgan fingerprint density at radius 3 is 0.605 bits per heavy atom. The summed E-state index contributed by atoms with van der Waals surface area (Å²) in [4.78, 5) is 0. The summed E-state index contributed by atoms with van der Waals surface area (Å²) >= 11 is 0. The summed E-state index contributed by atoms with van der Waals surface area (Å²) < 4.78 is 0. The third-order valence-electron chi connectivity index (χ3n) is 8.71. The molecule has 0 spiro atoms. The molecule has 0 fully saturated rings. The minimum atomic E-state index is -0.445. The van der Waals surface area contributed by atoms with E-state index < -0.39 is 9.65 Å². The van der Waals surface area contributed by atoms with E-state index in [1.54, 1.807) is 17.3 Å². The highest BCUT2D eigenvalue weighted by molar-refractivity contribution is 8.68. The number of hydrogen-bond donors (Lipinski definition) is 0. The second kappa shape index (κ2) is 32.3. The summed E-state index contributed by atoms with van der Waals surface area (Å²) in [5.41, 5.74) is 0. The molecule has 0 bridgehead atoms. The van der Waals surface area contributed by atoms with Crippen molar-refractivity contribution in [2.45, 2.75) is 213 Å². The molecule has 0 rings (SSSR count). The summed E-state index contributed by atoms with van der Waals surface area (Å²) in [7, 11) is 3.05. The molecule has 0 aliphatic heterocycles. The van der Waals surface area contributed by atoms with E-state index in [9.17, 15) is 0 Å². The van der Waals surface area contributed by atoms with Gasteiger partial charge < -0.3 is 0 Å². The summed E-state index contributed by atoms with van der Waals surface area (Å²) in [5.74, 6) is 4.63. The molecule has 0 nitrogen and oxygen atoms in total. The SMILES string of the molecule is CCCCCCCCCCCCS(P)(CCCCCCCCCCCC)CCCCCCCCCCCC. The fourth-order valence-corrected chi connectivity index (χ4v) is 10.4. The third kappa shape index (κ3) is 29.8. The van der Waals surface area contributed by atoms with Gasteiger partial charge in [-0.2, -0.15) is 0 Å².